The summed E-state index contributed by atoms with van der Waals surface area (Å²) in [7, 11) is -3.22. The van der Waals surface area contributed by atoms with Crippen molar-refractivity contribution in [2.75, 3.05) is 26.3 Å². The molecule has 1 aromatic carbocycles. The molecule has 2 rings (SSSR count). The maximum absolute atomic E-state index is 12.1. The summed E-state index contributed by atoms with van der Waals surface area (Å²) in [5, 5.41) is 0. The van der Waals surface area contributed by atoms with E-state index in [2.05, 4.69) is 15.9 Å². The molecule has 0 unspecified atom stereocenters. The highest BCUT2D eigenvalue weighted by molar-refractivity contribution is 9.10. The van der Waals surface area contributed by atoms with Gasteiger partial charge in [0.15, 0.2) is 0 Å². The second-order valence-electron chi connectivity index (χ2n) is 3.90. The molecule has 0 amide bonds. The van der Waals surface area contributed by atoms with Crippen LogP contribution < -0.4 is 0 Å². The number of hydrogen-bond acceptors (Lipinski definition) is 3. The number of morpholine rings is 1. The molecule has 1 aliphatic rings. The summed E-state index contributed by atoms with van der Waals surface area (Å²) in [6, 6.07) is 7.37. The minimum Gasteiger partial charge on any atom is -0.379 e. The van der Waals surface area contributed by atoms with Gasteiger partial charge in [-0.25, -0.2) is 8.42 Å². The van der Waals surface area contributed by atoms with Crippen molar-refractivity contribution in [2.24, 2.45) is 0 Å². The normalized spacial score (nSPS) is 18.2. The average Bonchev–Trinajstić information content (AvgIpc) is 2.29. The van der Waals surface area contributed by atoms with E-state index in [0.717, 1.165) is 10.0 Å². The first-order valence-electron chi connectivity index (χ1n) is 5.38. The van der Waals surface area contributed by atoms with Gasteiger partial charge in [-0.1, -0.05) is 28.1 Å². The number of sulfonamides is 1. The number of ether oxygens (including phenoxy) is 1. The highest BCUT2D eigenvalue weighted by Crippen LogP contribution is 2.16. The van der Waals surface area contributed by atoms with Crippen LogP contribution in [0.15, 0.2) is 28.7 Å². The topological polar surface area (TPSA) is 46.6 Å². The van der Waals surface area contributed by atoms with Gasteiger partial charge in [-0.05, 0) is 17.7 Å². The predicted molar refractivity (Wildman–Crippen MR) is 69.2 cm³/mol. The van der Waals surface area contributed by atoms with Crippen LogP contribution in [-0.2, 0) is 20.5 Å². The summed E-state index contributed by atoms with van der Waals surface area (Å²) in [6.07, 6.45) is 0. The minimum atomic E-state index is -3.22. The van der Waals surface area contributed by atoms with Crippen molar-refractivity contribution in [2.45, 2.75) is 5.75 Å². The Bertz CT molecular complexity index is 483. The average molecular weight is 320 g/mol. The summed E-state index contributed by atoms with van der Waals surface area (Å²) in [5.41, 5.74) is 0.797. The minimum absolute atomic E-state index is 0.0481. The molecule has 0 spiro atoms. The quantitative estimate of drug-likeness (QED) is 0.850. The molecular weight excluding hydrogens is 306 g/mol. The Balaban J connectivity index is 2.11. The lowest BCUT2D eigenvalue weighted by molar-refractivity contribution is 0.0729. The van der Waals surface area contributed by atoms with Gasteiger partial charge >= 0.3 is 0 Å². The van der Waals surface area contributed by atoms with Crippen molar-refractivity contribution < 1.29 is 13.2 Å². The van der Waals surface area contributed by atoms with E-state index >= 15 is 0 Å². The fourth-order valence-electron chi connectivity index (χ4n) is 1.75. The van der Waals surface area contributed by atoms with E-state index in [1.807, 2.05) is 24.3 Å². The van der Waals surface area contributed by atoms with E-state index in [1.165, 1.54) is 4.31 Å². The van der Waals surface area contributed by atoms with Crippen molar-refractivity contribution in [3.8, 4) is 0 Å². The van der Waals surface area contributed by atoms with Crippen LogP contribution in [-0.4, -0.2) is 39.0 Å². The Kier molecular flexibility index (Phi) is 4.19. The maximum atomic E-state index is 12.1. The summed E-state index contributed by atoms with van der Waals surface area (Å²) < 4.78 is 31.8. The molecule has 17 heavy (non-hydrogen) atoms. The number of hydrogen-bond donors (Lipinski definition) is 0. The first-order valence-corrected chi connectivity index (χ1v) is 7.78. The molecule has 1 heterocycles. The monoisotopic (exact) mass is 319 g/mol. The van der Waals surface area contributed by atoms with Gasteiger partial charge in [0.1, 0.15) is 0 Å². The molecule has 4 nitrogen and oxygen atoms in total. The number of halogens is 1. The molecule has 0 N–H and O–H groups in total. The van der Waals surface area contributed by atoms with Crippen molar-refractivity contribution in [3.63, 3.8) is 0 Å². The van der Waals surface area contributed by atoms with Gasteiger partial charge in [-0.15, -0.1) is 0 Å². The van der Waals surface area contributed by atoms with Gasteiger partial charge in [-0.2, -0.15) is 4.31 Å². The summed E-state index contributed by atoms with van der Waals surface area (Å²) in [4.78, 5) is 0. The zero-order valence-corrected chi connectivity index (χ0v) is 11.7. The van der Waals surface area contributed by atoms with E-state index in [4.69, 9.17) is 4.74 Å². The van der Waals surface area contributed by atoms with Gasteiger partial charge in [0.05, 0.1) is 19.0 Å². The molecule has 0 saturated carbocycles. The van der Waals surface area contributed by atoms with E-state index in [9.17, 15) is 8.42 Å². The number of benzene rings is 1. The molecule has 0 bridgehead atoms. The molecule has 0 atom stereocenters. The van der Waals surface area contributed by atoms with Gasteiger partial charge in [0, 0.05) is 17.6 Å². The Labute approximate surface area is 110 Å². The van der Waals surface area contributed by atoms with Crippen molar-refractivity contribution in [3.05, 3.63) is 34.3 Å². The summed E-state index contributed by atoms with van der Waals surface area (Å²) in [5.74, 6) is 0.0481. The van der Waals surface area contributed by atoms with Crippen molar-refractivity contribution >= 4 is 26.0 Å². The van der Waals surface area contributed by atoms with Crippen LogP contribution in [0.2, 0.25) is 0 Å². The van der Waals surface area contributed by atoms with Gasteiger partial charge < -0.3 is 4.74 Å². The first kappa shape index (κ1) is 13.0. The van der Waals surface area contributed by atoms with Crippen LogP contribution in [0.1, 0.15) is 5.56 Å². The third-order valence-electron chi connectivity index (χ3n) is 2.60. The van der Waals surface area contributed by atoms with Crippen LogP contribution in [0.4, 0.5) is 0 Å². The summed E-state index contributed by atoms with van der Waals surface area (Å²) >= 11 is 3.34. The Hall–Kier alpha value is -0.430. The Morgan fingerprint density at radius 2 is 2.00 bits per heavy atom. The highest BCUT2D eigenvalue weighted by Gasteiger charge is 2.24. The molecule has 0 radical (unpaired) electrons. The third kappa shape index (κ3) is 3.51. The van der Waals surface area contributed by atoms with Crippen LogP contribution in [0.3, 0.4) is 0 Å². The number of nitrogens with zero attached hydrogens (tertiary/aromatic N) is 1. The Morgan fingerprint density at radius 3 is 2.65 bits per heavy atom. The molecule has 1 aliphatic heterocycles. The van der Waals surface area contributed by atoms with Crippen LogP contribution in [0, 0.1) is 0 Å². The zero-order chi connectivity index (χ0) is 12.3. The Morgan fingerprint density at radius 1 is 1.29 bits per heavy atom. The first-order chi connectivity index (χ1) is 8.08. The fraction of sp³-hybridized carbons (Fsp3) is 0.455. The maximum Gasteiger partial charge on any atom is 0.218 e. The molecule has 1 aromatic rings. The van der Waals surface area contributed by atoms with E-state index in [0.29, 0.717) is 26.3 Å². The second-order valence-corrected chi connectivity index (χ2v) is 6.78. The van der Waals surface area contributed by atoms with Gasteiger partial charge in [0.25, 0.3) is 0 Å². The molecule has 0 aromatic heterocycles. The van der Waals surface area contributed by atoms with E-state index in [1.54, 1.807) is 0 Å². The molecule has 0 aliphatic carbocycles. The lowest BCUT2D eigenvalue weighted by Crippen LogP contribution is -2.41. The van der Waals surface area contributed by atoms with Crippen LogP contribution in [0.5, 0.6) is 0 Å². The predicted octanol–water partition coefficient (Wildman–Crippen LogP) is 1.61. The molecular formula is C11H14BrNO3S. The summed E-state index contributed by atoms with van der Waals surface area (Å²) in [6.45, 7) is 1.88. The standard InChI is InChI=1S/C11H14BrNO3S/c12-11-3-1-2-10(8-11)9-17(14,15)13-4-6-16-7-5-13/h1-3,8H,4-7,9H2. The van der Waals surface area contributed by atoms with E-state index in [-0.39, 0.29) is 5.75 Å². The zero-order valence-electron chi connectivity index (χ0n) is 9.30. The van der Waals surface area contributed by atoms with E-state index < -0.39 is 10.0 Å². The highest BCUT2D eigenvalue weighted by atomic mass is 79.9. The fourth-order valence-corrected chi connectivity index (χ4v) is 3.69. The van der Waals surface area contributed by atoms with Crippen LogP contribution in [0.25, 0.3) is 0 Å². The van der Waals surface area contributed by atoms with Gasteiger partial charge in [-0.3, -0.25) is 0 Å². The van der Waals surface area contributed by atoms with Crippen molar-refractivity contribution in [1.82, 2.24) is 4.31 Å². The molecule has 94 valence electrons. The largest absolute Gasteiger partial charge is 0.379 e. The third-order valence-corrected chi connectivity index (χ3v) is 4.94. The van der Waals surface area contributed by atoms with Crippen molar-refractivity contribution in [1.29, 1.82) is 0 Å². The molecule has 1 saturated heterocycles. The molecule has 1 fully saturated rings. The smallest absolute Gasteiger partial charge is 0.218 e. The molecule has 6 heteroatoms. The van der Waals surface area contributed by atoms with Gasteiger partial charge in [0.2, 0.25) is 10.0 Å². The number of rotatable bonds is 3. The van der Waals surface area contributed by atoms with Crippen LogP contribution >= 0.6 is 15.9 Å². The lowest BCUT2D eigenvalue weighted by atomic mass is 10.2. The second kappa shape index (κ2) is 5.48. The SMILES string of the molecule is O=S(=O)(Cc1cccc(Br)c1)N1CCOCC1. The lowest BCUT2D eigenvalue weighted by Gasteiger charge is -2.26.